The van der Waals surface area contributed by atoms with Crippen molar-refractivity contribution < 1.29 is 12.8 Å². The molecule has 1 aromatic carbocycles. The van der Waals surface area contributed by atoms with Crippen LogP contribution in [-0.4, -0.2) is 15.5 Å². The van der Waals surface area contributed by atoms with Crippen molar-refractivity contribution in [3.05, 3.63) is 46.7 Å². The van der Waals surface area contributed by atoms with E-state index in [1.54, 1.807) is 6.07 Å². The average Bonchev–Trinajstić information content (AvgIpc) is 2.87. The number of rotatable bonds is 5. The highest BCUT2D eigenvalue weighted by Crippen LogP contribution is 2.23. The van der Waals surface area contributed by atoms with Crippen LogP contribution in [0.15, 0.2) is 33.8 Å². The second kappa shape index (κ2) is 5.91. The van der Waals surface area contributed by atoms with Gasteiger partial charge in [-0.05, 0) is 51.1 Å². The van der Waals surface area contributed by atoms with Crippen molar-refractivity contribution in [2.75, 3.05) is 12.4 Å². The third-order valence-electron chi connectivity index (χ3n) is 3.29. The van der Waals surface area contributed by atoms with Gasteiger partial charge in [0.1, 0.15) is 5.76 Å². The first kappa shape index (κ1) is 15.6. The molecule has 0 amide bonds. The first-order valence-electron chi connectivity index (χ1n) is 6.67. The summed E-state index contributed by atoms with van der Waals surface area (Å²) in [5, 5.41) is 3.23. The van der Waals surface area contributed by atoms with Crippen LogP contribution < -0.4 is 10.0 Å². The monoisotopic (exact) mass is 308 g/mol. The van der Waals surface area contributed by atoms with Gasteiger partial charge in [-0.1, -0.05) is 17.7 Å². The van der Waals surface area contributed by atoms with Crippen LogP contribution in [0.25, 0.3) is 0 Å². The van der Waals surface area contributed by atoms with Gasteiger partial charge >= 0.3 is 0 Å². The standard InChI is InChI=1S/C15H20N2O3S/c1-10-7-11(2)15(12(3)8-10)17-9-13-5-6-14(20-13)21(18,19)16-4/h5-8,16-17H,9H2,1-4H3. The van der Waals surface area contributed by atoms with E-state index in [0.29, 0.717) is 12.3 Å². The number of nitrogens with one attached hydrogen (secondary N) is 2. The highest BCUT2D eigenvalue weighted by molar-refractivity contribution is 7.89. The summed E-state index contributed by atoms with van der Waals surface area (Å²) in [7, 11) is -2.17. The van der Waals surface area contributed by atoms with Gasteiger partial charge in [-0.2, -0.15) is 0 Å². The minimum atomic E-state index is -3.53. The van der Waals surface area contributed by atoms with Crippen LogP contribution in [0.2, 0.25) is 0 Å². The number of sulfonamides is 1. The van der Waals surface area contributed by atoms with Crippen LogP contribution in [0.3, 0.4) is 0 Å². The molecular weight excluding hydrogens is 288 g/mol. The van der Waals surface area contributed by atoms with Gasteiger partial charge < -0.3 is 9.73 Å². The van der Waals surface area contributed by atoms with E-state index in [0.717, 1.165) is 16.8 Å². The zero-order chi connectivity index (χ0) is 15.6. The fourth-order valence-corrected chi connectivity index (χ4v) is 3.00. The number of furan rings is 1. The Kier molecular flexibility index (Phi) is 4.39. The molecule has 1 heterocycles. The molecule has 2 aromatic rings. The van der Waals surface area contributed by atoms with Gasteiger partial charge in [0.05, 0.1) is 6.54 Å². The normalized spacial score (nSPS) is 11.6. The van der Waals surface area contributed by atoms with Crippen molar-refractivity contribution in [2.24, 2.45) is 0 Å². The summed E-state index contributed by atoms with van der Waals surface area (Å²) >= 11 is 0. The Hall–Kier alpha value is -1.79. The SMILES string of the molecule is CNS(=O)(=O)c1ccc(CNc2c(C)cc(C)cc2C)o1. The van der Waals surface area contributed by atoms with E-state index < -0.39 is 10.0 Å². The number of anilines is 1. The molecule has 2 N–H and O–H groups in total. The van der Waals surface area contributed by atoms with Crippen LogP contribution in [0.5, 0.6) is 0 Å². The summed E-state index contributed by atoms with van der Waals surface area (Å²) in [5.41, 5.74) is 4.58. The molecule has 0 atom stereocenters. The summed E-state index contributed by atoms with van der Waals surface area (Å²) in [6.07, 6.45) is 0. The predicted octanol–water partition coefficient (Wildman–Crippen LogP) is 2.73. The number of benzene rings is 1. The molecule has 21 heavy (non-hydrogen) atoms. The van der Waals surface area contributed by atoms with Crippen molar-refractivity contribution in [3.8, 4) is 0 Å². The molecule has 0 fully saturated rings. The molecule has 2 rings (SSSR count). The lowest BCUT2D eigenvalue weighted by atomic mass is 10.1. The van der Waals surface area contributed by atoms with Crippen molar-refractivity contribution in [3.63, 3.8) is 0 Å². The Morgan fingerprint density at radius 3 is 2.29 bits per heavy atom. The molecule has 114 valence electrons. The predicted molar refractivity (Wildman–Crippen MR) is 82.9 cm³/mol. The Labute approximate surface area is 125 Å². The molecule has 6 heteroatoms. The molecule has 0 bridgehead atoms. The zero-order valence-electron chi connectivity index (χ0n) is 12.6. The third kappa shape index (κ3) is 3.46. The van der Waals surface area contributed by atoms with Gasteiger partial charge in [-0.15, -0.1) is 0 Å². The van der Waals surface area contributed by atoms with Crippen molar-refractivity contribution in [2.45, 2.75) is 32.4 Å². The zero-order valence-corrected chi connectivity index (χ0v) is 13.5. The smallest absolute Gasteiger partial charge is 0.273 e. The van der Waals surface area contributed by atoms with E-state index in [9.17, 15) is 8.42 Å². The van der Waals surface area contributed by atoms with Crippen LogP contribution >= 0.6 is 0 Å². The molecule has 0 saturated heterocycles. The maximum Gasteiger partial charge on any atom is 0.273 e. The van der Waals surface area contributed by atoms with E-state index in [1.807, 2.05) is 13.8 Å². The van der Waals surface area contributed by atoms with E-state index in [4.69, 9.17) is 4.42 Å². The summed E-state index contributed by atoms with van der Waals surface area (Å²) in [6.45, 7) is 6.58. The van der Waals surface area contributed by atoms with Crippen LogP contribution in [0.1, 0.15) is 22.5 Å². The number of hydrogen-bond acceptors (Lipinski definition) is 4. The maximum absolute atomic E-state index is 11.6. The quantitative estimate of drug-likeness (QED) is 0.891. The number of hydrogen-bond donors (Lipinski definition) is 2. The van der Waals surface area contributed by atoms with E-state index in [2.05, 4.69) is 29.1 Å². The van der Waals surface area contributed by atoms with E-state index in [-0.39, 0.29) is 5.09 Å². The highest BCUT2D eigenvalue weighted by atomic mass is 32.2. The molecule has 0 aliphatic carbocycles. The van der Waals surface area contributed by atoms with Crippen LogP contribution in [0.4, 0.5) is 5.69 Å². The fraction of sp³-hybridized carbons (Fsp3) is 0.333. The third-order valence-corrected chi connectivity index (χ3v) is 4.57. The molecular formula is C15H20N2O3S. The topological polar surface area (TPSA) is 71.3 Å². The van der Waals surface area contributed by atoms with Crippen molar-refractivity contribution in [1.29, 1.82) is 0 Å². The Morgan fingerprint density at radius 2 is 1.71 bits per heavy atom. The molecule has 5 nitrogen and oxygen atoms in total. The van der Waals surface area contributed by atoms with Gasteiger partial charge in [0, 0.05) is 5.69 Å². The van der Waals surface area contributed by atoms with Gasteiger partial charge in [-0.25, -0.2) is 13.1 Å². The second-order valence-corrected chi connectivity index (χ2v) is 6.87. The first-order valence-corrected chi connectivity index (χ1v) is 8.16. The average molecular weight is 308 g/mol. The van der Waals surface area contributed by atoms with Gasteiger partial charge in [0.25, 0.3) is 10.0 Å². The van der Waals surface area contributed by atoms with Gasteiger partial charge in [0.2, 0.25) is 5.09 Å². The van der Waals surface area contributed by atoms with Crippen molar-refractivity contribution in [1.82, 2.24) is 4.72 Å². The lowest BCUT2D eigenvalue weighted by Gasteiger charge is -2.12. The van der Waals surface area contributed by atoms with Crippen molar-refractivity contribution >= 4 is 15.7 Å². The first-order chi connectivity index (χ1) is 9.83. The molecule has 0 saturated carbocycles. The summed E-state index contributed by atoms with van der Waals surface area (Å²) in [6, 6.07) is 7.33. The largest absolute Gasteiger partial charge is 0.446 e. The Morgan fingerprint density at radius 1 is 1.10 bits per heavy atom. The fourth-order valence-electron chi connectivity index (χ4n) is 2.33. The lowest BCUT2D eigenvalue weighted by molar-refractivity contribution is 0.417. The molecule has 0 unspecified atom stereocenters. The molecule has 0 radical (unpaired) electrons. The number of aryl methyl sites for hydroxylation is 3. The highest BCUT2D eigenvalue weighted by Gasteiger charge is 2.16. The van der Waals surface area contributed by atoms with Crippen LogP contribution in [0, 0.1) is 20.8 Å². The maximum atomic E-state index is 11.6. The minimum Gasteiger partial charge on any atom is -0.446 e. The Balaban J connectivity index is 2.15. The molecule has 0 aliphatic heterocycles. The molecule has 0 aliphatic rings. The Bertz CT molecular complexity index is 725. The molecule has 1 aromatic heterocycles. The molecule has 0 spiro atoms. The summed E-state index contributed by atoms with van der Waals surface area (Å²) in [5.74, 6) is 0.572. The van der Waals surface area contributed by atoms with Gasteiger partial charge in [-0.3, -0.25) is 0 Å². The lowest BCUT2D eigenvalue weighted by Crippen LogP contribution is -2.17. The minimum absolute atomic E-state index is 0.0702. The van der Waals surface area contributed by atoms with E-state index in [1.165, 1.54) is 18.7 Å². The summed E-state index contributed by atoms with van der Waals surface area (Å²) < 4.78 is 30.8. The summed E-state index contributed by atoms with van der Waals surface area (Å²) in [4.78, 5) is 0. The van der Waals surface area contributed by atoms with E-state index >= 15 is 0 Å². The van der Waals surface area contributed by atoms with Gasteiger partial charge in [0.15, 0.2) is 0 Å². The van der Waals surface area contributed by atoms with Crippen LogP contribution in [-0.2, 0) is 16.6 Å². The second-order valence-electron chi connectivity index (χ2n) is 5.06.